The number of fused-ring (bicyclic) bond motifs is 1. The monoisotopic (exact) mass is 297 g/mol. The molecule has 0 radical (unpaired) electrons. The molecular formula is C15H17ClFNO2. The molecule has 0 spiro atoms. The van der Waals surface area contributed by atoms with Gasteiger partial charge in [-0.2, -0.15) is 0 Å². The van der Waals surface area contributed by atoms with Crippen LogP contribution >= 0.6 is 11.6 Å². The first-order valence-electron chi connectivity index (χ1n) is 7.05. The average molecular weight is 298 g/mol. The predicted octanol–water partition coefficient (Wildman–Crippen LogP) is 3.26. The SMILES string of the molecule is O=C(c1c(F)cccc1Cl)N1CCO[C@H]2CCCC[C@@H]21. The molecule has 1 aliphatic heterocycles. The Kier molecular flexibility index (Phi) is 3.94. The van der Waals surface area contributed by atoms with Crippen molar-refractivity contribution in [2.24, 2.45) is 0 Å². The van der Waals surface area contributed by atoms with Gasteiger partial charge in [-0.15, -0.1) is 0 Å². The van der Waals surface area contributed by atoms with E-state index < -0.39 is 5.82 Å². The summed E-state index contributed by atoms with van der Waals surface area (Å²) in [5.74, 6) is -0.866. The van der Waals surface area contributed by atoms with E-state index in [0.717, 1.165) is 25.7 Å². The number of ether oxygens (including phenoxy) is 1. The van der Waals surface area contributed by atoms with Gasteiger partial charge in [-0.1, -0.05) is 30.5 Å². The van der Waals surface area contributed by atoms with Gasteiger partial charge in [0.2, 0.25) is 0 Å². The third-order valence-corrected chi connectivity index (χ3v) is 4.48. The minimum absolute atomic E-state index is 0.0135. The van der Waals surface area contributed by atoms with E-state index in [4.69, 9.17) is 16.3 Å². The molecule has 1 heterocycles. The maximum atomic E-state index is 13.9. The highest BCUT2D eigenvalue weighted by molar-refractivity contribution is 6.33. The topological polar surface area (TPSA) is 29.5 Å². The number of carbonyl (C=O) groups is 1. The van der Waals surface area contributed by atoms with Crippen LogP contribution in [0.25, 0.3) is 0 Å². The van der Waals surface area contributed by atoms with Crippen molar-refractivity contribution in [2.75, 3.05) is 13.2 Å². The second kappa shape index (κ2) is 5.70. The van der Waals surface area contributed by atoms with Crippen molar-refractivity contribution in [2.45, 2.75) is 37.8 Å². The van der Waals surface area contributed by atoms with Crippen molar-refractivity contribution in [3.8, 4) is 0 Å². The van der Waals surface area contributed by atoms with E-state index in [9.17, 15) is 9.18 Å². The van der Waals surface area contributed by atoms with Crippen molar-refractivity contribution in [1.29, 1.82) is 0 Å². The molecule has 3 rings (SSSR count). The number of morpholine rings is 1. The number of hydrogen-bond acceptors (Lipinski definition) is 2. The summed E-state index contributed by atoms with van der Waals surface area (Å²) in [5.41, 5.74) is -0.0135. The first-order chi connectivity index (χ1) is 9.68. The quantitative estimate of drug-likeness (QED) is 0.796. The number of amides is 1. The van der Waals surface area contributed by atoms with Gasteiger partial charge >= 0.3 is 0 Å². The van der Waals surface area contributed by atoms with Gasteiger partial charge in [0.1, 0.15) is 5.82 Å². The molecule has 0 unspecified atom stereocenters. The zero-order valence-electron chi connectivity index (χ0n) is 11.1. The van der Waals surface area contributed by atoms with Crippen LogP contribution in [-0.2, 0) is 4.74 Å². The van der Waals surface area contributed by atoms with E-state index >= 15 is 0 Å². The van der Waals surface area contributed by atoms with Gasteiger partial charge < -0.3 is 9.64 Å². The van der Waals surface area contributed by atoms with Crippen LogP contribution < -0.4 is 0 Å². The van der Waals surface area contributed by atoms with Crippen LogP contribution in [0, 0.1) is 5.82 Å². The minimum atomic E-state index is -0.554. The Balaban J connectivity index is 1.89. The fourth-order valence-electron chi connectivity index (χ4n) is 3.19. The van der Waals surface area contributed by atoms with Gasteiger partial charge in [-0.3, -0.25) is 4.79 Å². The maximum Gasteiger partial charge on any atom is 0.258 e. The number of rotatable bonds is 1. The van der Waals surface area contributed by atoms with Gasteiger partial charge in [0.25, 0.3) is 5.91 Å². The fourth-order valence-corrected chi connectivity index (χ4v) is 3.44. The Morgan fingerprint density at radius 3 is 2.95 bits per heavy atom. The van der Waals surface area contributed by atoms with Crippen LogP contribution in [0.2, 0.25) is 5.02 Å². The molecule has 1 aliphatic carbocycles. The Bertz CT molecular complexity index is 500. The second-order valence-corrected chi connectivity index (χ2v) is 5.76. The third-order valence-electron chi connectivity index (χ3n) is 4.17. The van der Waals surface area contributed by atoms with Crippen molar-refractivity contribution in [3.05, 3.63) is 34.6 Å². The largest absolute Gasteiger partial charge is 0.374 e. The van der Waals surface area contributed by atoms with Gasteiger partial charge in [-0.25, -0.2) is 4.39 Å². The maximum absolute atomic E-state index is 13.9. The molecule has 2 fully saturated rings. The smallest absolute Gasteiger partial charge is 0.258 e. The lowest BCUT2D eigenvalue weighted by molar-refractivity contribution is -0.0753. The molecule has 0 N–H and O–H groups in total. The van der Waals surface area contributed by atoms with E-state index in [1.54, 1.807) is 11.0 Å². The number of benzene rings is 1. The highest BCUT2D eigenvalue weighted by atomic mass is 35.5. The summed E-state index contributed by atoms with van der Waals surface area (Å²) >= 11 is 6.00. The van der Waals surface area contributed by atoms with Crippen LogP contribution in [0.15, 0.2) is 18.2 Å². The molecule has 1 amide bonds. The molecule has 1 aromatic carbocycles. The van der Waals surface area contributed by atoms with E-state index in [2.05, 4.69) is 0 Å². The highest BCUT2D eigenvalue weighted by Gasteiger charge is 2.38. The Hall–Kier alpha value is -1.13. The molecular weight excluding hydrogens is 281 g/mol. The molecule has 1 saturated heterocycles. The lowest BCUT2D eigenvalue weighted by Gasteiger charge is -2.43. The molecule has 5 heteroatoms. The van der Waals surface area contributed by atoms with Crippen LogP contribution in [0.1, 0.15) is 36.0 Å². The fraction of sp³-hybridized carbons (Fsp3) is 0.533. The zero-order valence-corrected chi connectivity index (χ0v) is 11.9. The normalized spacial score (nSPS) is 26.2. The van der Waals surface area contributed by atoms with E-state index in [1.165, 1.54) is 12.1 Å². The summed E-state index contributed by atoms with van der Waals surface area (Å²) < 4.78 is 19.7. The lowest BCUT2D eigenvalue weighted by Crippen LogP contribution is -2.55. The van der Waals surface area contributed by atoms with Gasteiger partial charge in [0.15, 0.2) is 0 Å². The Morgan fingerprint density at radius 1 is 1.35 bits per heavy atom. The summed E-state index contributed by atoms with van der Waals surface area (Å²) in [7, 11) is 0. The predicted molar refractivity (Wildman–Crippen MR) is 74.4 cm³/mol. The lowest BCUT2D eigenvalue weighted by atomic mass is 9.89. The van der Waals surface area contributed by atoms with Gasteiger partial charge in [0.05, 0.1) is 29.3 Å². The summed E-state index contributed by atoms with van der Waals surface area (Å²) in [5, 5.41) is 0.175. The Labute approximate surface area is 122 Å². The van der Waals surface area contributed by atoms with Gasteiger partial charge in [-0.05, 0) is 25.0 Å². The molecule has 20 heavy (non-hydrogen) atoms. The van der Waals surface area contributed by atoms with Crippen molar-refractivity contribution < 1.29 is 13.9 Å². The summed E-state index contributed by atoms with van der Waals surface area (Å²) in [4.78, 5) is 14.4. The minimum Gasteiger partial charge on any atom is -0.374 e. The molecule has 3 nitrogen and oxygen atoms in total. The van der Waals surface area contributed by atoms with Crippen LogP contribution in [-0.4, -0.2) is 36.1 Å². The van der Waals surface area contributed by atoms with Crippen LogP contribution in [0.5, 0.6) is 0 Å². The molecule has 2 aliphatic rings. The number of hydrogen-bond donors (Lipinski definition) is 0. The van der Waals surface area contributed by atoms with Crippen LogP contribution in [0.4, 0.5) is 4.39 Å². The zero-order chi connectivity index (χ0) is 14.1. The molecule has 0 aromatic heterocycles. The first kappa shape index (κ1) is 13.8. The summed E-state index contributed by atoms with van der Waals surface area (Å²) in [6, 6.07) is 4.40. The van der Waals surface area contributed by atoms with Crippen molar-refractivity contribution in [3.63, 3.8) is 0 Å². The number of nitrogens with zero attached hydrogens (tertiary/aromatic N) is 1. The summed E-state index contributed by atoms with van der Waals surface area (Å²) in [6.45, 7) is 1.02. The number of halogens is 2. The molecule has 108 valence electrons. The first-order valence-corrected chi connectivity index (χ1v) is 7.43. The van der Waals surface area contributed by atoms with Crippen molar-refractivity contribution in [1.82, 2.24) is 4.90 Å². The van der Waals surface area contributed by atoms with E-state index in [1.807, 2.05) is 0 Å². The average Bonchev–Trinajstić information content (AvgIpc) is 2.46. The molecule has 1 saturated carbocycles. The Morgan fingerprint density at radius 2 is 2.15 bits per heavy atom. The molecule has 2 atom stereocenters. The van der Waals surface area contributed by atoms with Crippen LogP contribution in [0.3, 0.4) is 0 Å². The second-order valence-electron chi connectivity index (χ2n) is 5.36. The molecule has 0 bridgehead atoms. The van der Waals surface area contributed by atoms with E-state index in [0.29, 0.717) is 13.2 Å². The standard InChI is InChI=1S/C15H17ClFNO2/c16-10-4-3-5-11(17)14(10)15(19)18-8-9-20-13-7-2-1-6-12(13)18/h3-5,12-13H,1-2,6-9H2/t12-,13-/m0/s1. The molecule has 1 aromatic rings. The highest BCUT2D eigenvalue weighted by Crippen LogP contribution is 2.31. The van der Waals surface area contributed by atoms with Gasteiger partial charge in [0, 0.05) is 6.54 Å². The summed E-state index contributed by atoms with van der Waals surface area (Å²) in [6.07, 6.45) is 4.19. The number of carbonyl (C=O) groups excluding carboxylic acids is 1. The van der Waals surface area contributed by atoms with E-state index in [-0.39, 0.29) is 28.6 Å². The van der Waals surface area contributed by atoms with Crippen molar-refractivity contribution >= 4 is 17.5 Å². The third kappa shape index (κ3) is 2.42.